The van der Waals surface area contributed by atoms with E-state index < -0.39 is 16.1 Å². The molecule has 0 unspecified atom stereocenters. The van der Waals surface area contributed by atoms with Gasteiger partial charge in [-0.05, 0) is 43.5 Å². The first-order valence-corrected chi connectivity index (χ1v) is 9.17. The third-order valence-corrected chi connectivity index (χ3v) is 4.77. The average molecular weight is 326 g/mol. The van der Waals surface area contributed by atoms with E-state index in [2.05, 4.69) is 5.32 Å². The summed E-state index contributed by atoms with van der Waals surface area (Å²) in [7, 11) is -1.80. The number of carbonyl (C=O) groups is 1. The van der Waals surface area contributed by atoms with Gasteiger partial charge in [-0.15, -0.1) is 0 Å². The lowest BCUT2D eigenvalue weighted by atomic mass is 10.2. The summed E-state index contributed by atoms with van der Waals surface area (Å²) < 4.78 is 29.8. The van der Waals surface area contributed by atoms with Crippen molar-refractivity contribution < 1.29 is 17.9 Å². The third kappa shape index (κ3) is 4.37. The molecule has 1 amide bonds. The molecular weight excluding hydrogens is 304 g/mol. The highest BCUT2D eigenvalue weighted by Crippen LogP contribution is 2.22. The van der Waals surface area contributed by atoms with Crippen LogP contribution in [0.15, 0.2) is 24.3 Å². The summed E-state index contributed by atoms with van der Waals surface area (Å²) in [4.78, 5) is 12.0. The second-order valence-electron chi connectivity index (χ2n) is 5.52. The first-order chi connectivity index (χ1) is 10.3. The van der Waals surface area contributed by atoms with Crippen LogP contribution >= 0.6 is 0 Å². The van der Waals surface area contributed by atoms with Crippen LogP contribution in [0.1, 0.15) is 26.2 Å². The number of anilines is 1. The highest BCUT2D eigenvalue weighted by molar-refractivity contribution is 7.92. The van der Waals surface area contributed by atoms with Crippen molar-refractivity contribution in [2.75, 3.05) is 17.6 Å². The number of nitrogens with zero attached hydrogens (tertiary/aromatic N) is 1. The van der Waals surface area contributed by atoms with Crippen LogP contribution in [0.3, 0.4) is 0 Å². The van der Waals surface area contributed by atoms with Crippen molar-refractivity contribution in [3.8, 4) is 5.75 Å². The lowest BCUT2D eigenvalue weighted by Crippen LogP contribution is -2.39. The predicted octanol–water partition coefficient (Wildman–Crippen LogP) is 1.52. The number of nitrogens with one attached hydrogen (secondary N) is 1. The van der Waals surface area contributed by atoms with E-state index in [1.165, 1.54) is 11.4 Å². The number of amides is 1. The molecule has 1 atom stereocenters. The Labute approximate surface area is 131 Å². The fourth-order valence-electron chi connectivity index (χ4n) is 1.93. The van der Waals surface area contributed by atoms with E-state index in [1.54, 1.807) is 24.3 Å². The zero-order chi connectivity index (χ0) is 16.3. The summed E-state index contributed by atoms with van der Waals surface area (Å²) >= 11 is 0. The molecule has 1 saturated carbocycles. The van der Waals surface area contributed by atoms with Crippen molar-refractivity contribution in [1.29, 1.82) is 0 Å². The maximum atomic E-state index is 12.0. The molecule has 0 saturated heterocycles. The van der Waals surface area contributed by atoms with E-state index in [4.69, 9.17) is 4.74 Å². The highest BCUT2D eigenvalue weighted by Gasteiger charge is 2.27. The normalized spacial score (nSPS) is 16.0. The molecule has 0 radical (unpaired) electrons. The van der Waals surface area contributed by atoms with Gasteiger partial charge in [-0.25, -0.2) is 8.42 Å². The van der Waals surface area contributed by atoms with Gasteiger partial charge in [-0.2, -0.15) is 0 Å². The lowest BCUT2D eigenvalue weighted by Gasteiger charge is -2.19. The van der Waals surface area contributed by atoms with Gasteiger partial charge in [0.25, 0.3) is 5.91 Å². The van der Waals surface area contributed by atoms with Crippen molar-refractivity contribution in [2.24, 2.45) is 0 Å². The molecule has 0 bridgehead atoms. The number of carbonyl (C=O) groups excluding carboxylic acids is 1. The summed E-state index contributed by atoms with van der Waals surface area (Å²) in [5.41, 5.74) is 0.547. The van der Waals surface area contributed by atoms with Crippen molar-refractivity contribution in [2.45, 2.75) is 38.3 Å². The van der Waals surface area contributed by atoms with Gasteiger partial charge in [0.1, 0.15) is 5.75 Å². The number of rotatable bonds is 7. The van der Waals surface area contributed by atoms with Crippen molar-refractivity contribution >= 4 is 21.6 Å². The molecule has 1 aliphatic rings. The summed E-state index contributed by atoms with van der Waals surface area (Å²) in [6.07, 6.45) is 3.26. The minimum absolute atomic E-state index is 0.0951. The Morgan fingerprint density at radius 3 is 2.41 bits per heavy atom. The molecule has 0 aliphatic heterocycles. The van der Waals surface area contributed by atoms with Gasteiger partial charge < -0.3 is 10.1 Å². The molecule has 1 aromatic rings. The zero-order valence-corrected chi connectivity index (χ0v) is 13.9. The Morgan fingerprint density at radius 1 is 1.36 bits per heavy atom. The predicted molar refractivity (Wildman–Crippen MR) is 85.6 cm³/mol. The van der Waals surface area contributed by atoms with Crippen molar-refractivity contribution in [3.05, 3.63) is 24.3 Å². The number of sulfonamides is 1. The van der Waals surface area contributed by atoms with Gasteiger partial charge in [-0.3, -0.25) is 9.10 Å². The quantitative estimate of drug-likeness (QED) is 0.824. The van der Waals surface area contributed by atoms with E-state index in [0.29, 0.717) is 23.9 Å². The van der Waals surface area contributed by atoms with Crippen LogP contribution in [0, 0.1) is 0 Å². The van der Waals surface area contributed by atoms with Crippen LogP contribution in [0.2, 0.25) is 0 Å². The minimum Gasteiger partial charge on any atom is -0.481 e. The number of benzene rings is 1. The highest BCUT2D eigenvalue weighted by atomic mass is 32.2. The number of ether oxygens (including phenoxy) is 1. The Bertz CT molecular complexity index is 623. The SMILES string of the molecule is CC[C@H](Oc1ccc(N(C)S(C)(=O)=O)cc1)C(=O)NC1CC1. The van der Waals surface area contributed by atoms with Gasteiger partial charge >= 0.3 is 0 Å². The van der Waals surface area contributed by atoms with E-state index in [0.717, 1.165) is 19.1 Å². The summed E-state index contributed by atoms with van der Waals surface area (Å²) in [6.45, 7) is 1.89. The second kappa shape index (κ2) is 6.56. The summed E-state index contributed by atoms with van der Waals surface area (Å²) in [6, 6.07) is 6.95. The molecular formula is C15H22N2O4S. The van der Waals surface area contributed by atoms with Crippen LogP contribution in [-0.4, -0.2) is 39.8 Å². The Hall–Kier alpha value is -1.76. The number of hydrogen-bond donors (Lipinski definition) is 1. The molecule has 0 aromatic heterocycles. The summed E-state index contributed by atoms with van der Waals surface area (Å²) in [5.74, 6) is 0.450. The molecule has 0 spiro atoms. The molecule has 1 N–H and O–H groups in total. The molecule has 122 valence electrons. The van der Waals surface area contributed by atoms with E-state index >= 15 is 0 Å². The molecule has 1 aliphatic carbocycles. The molecule has 6 nitrogen and oxygen atoms in total. The van der Waals surface area contributed by atoms with Crippen LogP contribution in [0.4, 0.5) is 5.69 Å². The van der Waals surface area contributed by atoms with E-state index in [-0.39, 0.29) is 5.91 Å². The largest absolute Gasteiger partial charge is 0.481 e. The van der Waals surface area contributed by atoms with Gasteiger partial charge in [0.15, 0.2) is 6.10 Å². The first-order valence-electron chi connectivity index (χ1n) is 7.32. The fourth-order valence-corrected chi connectivity index (χ4v) is 2.44. The molecule has 22 heavy (non-hydrogen) atoms. The summed E-state index contributed by atoms with van der Waals surface area (Å²) in [5, 5.41) is 2.92. The molecule has 7 heteroatoms. The molecule has 1 fully saturated rings. The maximum Gasteiger partial charge on any atom is 0.261 e. The second-order valence-corrected chi connectivity index (χ2v) is 7.54. The van der Waals surface area contributed by atoms with E-state index in [1.807, 2.05) is 6.92 Å². The van der Waals surface area contributed by atoms with Gasteiger partial charge in [-0.1, -0.05) is 6.92 Å². The van der Waals surface area contributed by atoms with E-state index in [9.17, 15) is 13.2 Å². The molecule has 2 rings (SSSR count). The molecule has 1 aromatic carbocycles. The average Bonchev–Trinajstić information content (AvgIpc) is 3.27. The minimum atomic E-state index is -3.29. The zero-order valence-electron chi connectivity index (χ0n) is 13.1. The Balaban J connectivity index is 2.01. The van der Waals surface area contributed by atoms with Gasteiger partial charge in [0.05, 0.1) is 11.9 Å². The van der Waals surface area contributed by atoms with Crippen LogP contribution in [0.25, 0.3) is 0 Å². The maximum absolute atomic E-state index is 12.0. The monoisotopic (exact) mass is 326 g/mol. The first kappa shape index (κ1) is 16.6. The van der Waals surface area contributed by atoms with Crippen LogP contribution < -0.4 is 14.4 Å². The Morgan fingerprint density at radius 2 is 1.95 bits per heavy atom. The fraction of sp³-hybridized carbons (Fsp3) is 0.533. The molecule has 0 heterocycles. The van der Waals surface area contributed by atoms with Crippen molar-refractivity contribution in [3.63, 3.8) is 0 Å². The van der Waals surface area contributed by atoms with Crippen molar-refractivity contribution in [1.82, 2.24) is 5.32 Å². The topological polar surface area (TPSA) is 75.7 Å². The van der Waals surface area contributed by atoms with Crippen LogP contribution in [0.5, 0.6) is 5.75 Å². The standard InChI is InChI=1S/C15H22N2O4S/c1-4-14(15(18)16-11-5-6-11)21-13-9-7-12(8-10-13)17(2)22(3,19)20/h7-11,14H,4-6H2,1-3H3,(H,16,18)/t14-/m0/s1. The Kier molecular flexibility index (Phi) is 4.95. The number of hydrogen-bond acceptors (Lipinski definition) is 4. The smallest absolute Gasteiger partial charge is 0.261 e. The lowest BCUT2D eigenvalue weighted by molar-refractivity contribution is -0.128. The third-order valence-electron chi connectivity index (χ3n) is 3.56. The van der Waals surface area contributed by atoms with Crippen LogP contribution in [-0.2, 0) is 14.8 Å². The van der Waals surface area contributed by atoms with Gasteiger partial charge in [0.2, 0.25) is 10.0 Å². The van der Waals surface area contributed by atoms with Gasteiger partial charge in [0, 0.05) is 13.1 Å².